The van der Waals surface area contributed by atoms with E-state index in [-0.39, 0.29) is 11.9 Å². The second-order valence-electron chi connectivity index (χ2n) is 4.85. The second-order valence-corrected chi connectivity index (χ2v) is 6.23. The maximum atomic E-state index is 9.48. The van der Waals surface area contributed by atoms with E-state index in [1.54, 1.807) is 11.8 Å². The zero-order valence-electron chi connectivity index (χ0n) is 11.8. The average Bonchev–Trinajstić information content (AvgIpc) is 2.49. The maximum absolute atomic E-state index is 9.48. The molecule has 0 aliphatic heterocycles. The molecule has 0 amide bonds. The highest BCUT2D eigenvalue weighted by atomic mass is 32.2. The summed E-state index contributed by atoms with van der Waals surface area (Å²) in [7, 11) is 0. The van der Waals surface area contributed by atoms with Gasteiger partial charge in [-0.25, -0.2) is 0 Å². The van der Waals surface area contributed by atoms with Gasteiger partial charge in [0.2, 0.25) is 0 Å². The molecule has 0 heterocycles. The molecule has 0 bridgehead atoms. The first kappa shape index (κ1) is 15.1. The molecule has 1 unspecified atom stereocenters. The third-order valence-electron chi connectivity index (χ3n) is 3.07. The van der Waals surface area contributed by atoms with Crippen molar-refractivity contribution >= 4 is 11.8 Å². The van der Waals surface area contributed by atoms with Crippen molar-refractivity contribution in [3.63, 3.8) is 0 Å². The van der Waals surface area contributed by atoms with Crippen LogP contribution < -0.4 is 5.32 Å². The van der Waals surface area contributed by atoms with Crippen LogP contribution in [0.25, 0.3) is 0 Å². The van der Waals surface area contributed by atoms with Gasteiger partial charge in [-0.2, -0.15) is 0 Å². The zero-order chi connectivity index (χ0) is 14.2. The summed E-state index contributed by atoms with van der Waals surface area (Å²) in [6.07, 6.45) is 0. The molecule has 0 saturated heterocycles. The highest BCUT2D eigenvalue weighted by Crippen LogP contribution is 2.23. The fraction of sp³-hybridized carbons (Fsp3) is 0.294. The molecule has 3 heteroatoms. The quantitative estimate of drug-likeness (QED) is 0.767. The summed E-state index contributed by atoms with van der Waals surface area (Å²) >= 11 is 1.72. The monoisotopic (exact) mass is 287 g/mol. The second kappa shape index (κ2) is 8.10. The van der Waals surface area contributed by atoms with Gasteiger partial charge in [-0.05, 0) is 24.6 Å². The molecule has 2 N–H and O–H groups in total. The van der Waals surface area contributed by atoms with Crippen LogP contribution in [-0.4, -0.2) is 23.5 Å². The molecular weight excluding hydrogens is 266 g/mol. The number of thioether (sulfide) groups is 1. The van der Waals surface area contributed by atoms with Crippen LogP contribution in [0.2, 0.25) is 0 Å². The Bertz CT molecular complexity index is 498. The van der Waals surface area contributed by atoms with E-state index in [1.807, 2.05) is 18.2 Å². The number of nitrogens with one attached hydrogen (secondary N) is 1. The van der Waals surface area contributed by atoms with E-state index in [0.29, 0.717) is 0 Å². The van der Waals surface area contributed by atoms with Gasteiger partial charge in [0, 0.05) is 23.2 Å². The van der Waals surface area contributed by atoms with Gasteiger partial charge in [0.1, 0.15) is 0 Å². The Morgan fingerprint density at radius 3 is 2.40 bits per heavy atom. The third-order valence-corrected chi connectivity index (χ3v) is 4.26. The summed E-state index contributed by atoms with van der Waals surface area (Å²) in [4.78, 5) is 1.20. The topological polar surface area (TPSA) is 32.3 Å². The van der Waals surface area contributed by atoms with Crippen LogP contribution in [0.5, 0.6) is 0 Å². The maximum Gasteiger partial charge on any atom is 0.0565 e. The predicted octanol–water partition coefficient (Wildman–Crippen LogP) is 3.24. The number of aliphatic hydroxyl groups is 1. The number of hydrogen-bond acceptors (Lipinski definition) is 3. The number of aliphatic hydroxyl groups excluding tert-OH is 1. The highest BCUT2D eigenvalue weighted by Gasteiger charge is 2.08. The SMILES string of the molecule is Cc1ccc(SC(CO)CNCc2ccccc2)cc1. The molecule has 106 valence electrons. The van der Waals surface area contributed by atoms with E-state index >= 15 is 0 Å². The predicted molar refractivity (Wildman–Crippen MR) is 86.1 cm³/mol. The van der Waals surface area contributed by atoms with Crippen molar-refractivity contribution in [3.8, 4) is 0 Å². The molecular formula is C17H21NOS. The smallest absolute Gasteiger partial charge is 0.0565 e. The highest BCUT2D eigenvalue weighted by molar-refractivity contribution is 8.00. The van der Waals surface area contributed by atoms with Crippen LogP contribution >= 0.6 is 11.8 Å². The van der Waals surface area contributed by atoms with Gasteiger partial charge < -0.3 is 10.4 Å². The van der Waals surface area contributed by atoms with Crippen molar-refractivity contribution in [1.82, 2.24) is 5.32 Å². The minimum absolute atomic E-state index is 0.181. The van der Waals surface area contributed by atoms with Gasteiger partial charge >= 0.3 is 0 Å². The molecule has 0 fully saturated rings. The molecule has 0 saturated carbocycles. The van der Waals surface area contributed by atoms with Gasteiger partial charge in [-0.3, -0.25) is 0 Å². The van der Waals surface area contributed by atoms with Crippen LogP contribution in [-0.2, 0) is 6.54 Å². The first-order valence-corrected chi connectivity index (χ1v) is 7.74. The van der Waals surface area contributed by atoms with Crippen molar-refractivity contribution < 1.29 is 5.11 Å². The van der Waals surface area contributed by atoms with Gasteiger partial charge in [-0.15, -0.1) is 11.8 Å². The van der Waals surface area contributed by atoms with Crippen LogP contribution in [0.1, 0.15) is 11.1 Å². The summed E-state index contributed by atoms with van der Waals surface area (Å²) in [6.45, 7) is 3.90. The van der Waals surface area contributed by atoms with E-state index in [9.17, 15) is 5.11 Å². The van der Waals surface area contributed by atoms with Crippen molar-refractivity contribution in [1.29, 1.82) is 0 Å². The zero-order valence-corrected chi connectivity index (χ0v) is 12.6. The van der Waals surface area contributed by atoms with Crippen molar-refractivity contribution in [2.24, 2.45) is 0 Å². The Hall–Kier alpha value is -1.29. The Morgan fingerprint density at radius 1 is 1.05 bits per heavy atom. The van der Waals surface area contributed by atoms with E-state index < -0.39 is 0 Å². The minimum atomic E-state index is 0.181. The number of aryl methyl sites for hydroxylation is 1. The fourth-order valence-electron chi connectivity index (χ4n) is 1.93. The molecule has 2 aromatic rings. The Labute approximate surface area is 125 Å². The molecule has 0 spiro atoms. The van der Waals surface area contributed by atoms with Crippen molar-refractivity contribution in [3.05, 3.63) is 65.7 Å². The molecule has 2 nitrogen and oxygen atoms in total. The van der Waals surface area contributed by atoms with Crippen LogP contribution in [0.15, 0.2) is 59.5 Å². The molecule has 20 heavy (non-hydrogen) atoms. The summed E-state index contributed by atoms with van der Waals surface area (Å²) in [5, 5.41) is 13.1. The molecule has 0 aliphatic carbocycles. The Balaban J connectivity index is 1.79. The number of hydrogen-bond donors (Lipinski definition) is 2. The normalized spacial score (nSPS) is 12.3. The Kier molecular flexibility index (Phi) is 6.12. The summed E-state index contributed by atoms with van der Waals surface area (Å²) < 4.78 is 0. The molecule has 2 aromatic carbocycles. The van der Waals surface area contributed by atoms with E-state index in [0.717, 1.165) is 13.1 Å². The lowest BCUT2D eigenvalue weighted by molar-refractivity contribution is 0.291. The minimum Gasteiger partial charge on any atom is -0.395 e. The van der Waals surface area contributed by atoms with Crippen molar-refractivity contribution in [2.75, 3.05) is 13.2 Å². The van der Waals surface area contributed by atoms with Crippen molar-refractivity contribution in [2.45, 2.75) is 23.6 Å². The first-order valence-electron chi connectivity index (χ1n) is 6.87. The lowest BCUT2D eigenvalue weighted by atomic mass is 10.2. The number of benzene rings is 2. The Morgan fingerprint density at radius 2 is 1.75 bits per heavy atom. The fourth-order valence-corrected chi connectivity index (χ4v) is 2.88. The van der Waals surface area contributed by atoms with Crippen LogP contribution in [0.4, 0.5) is 0 Å². The molecule has 1 atom stereocenters. The summed E-state index contributed by atoms with van der Waals surface area (Å²) in [6, 6.07) is 18.8. The van der Waals surface area contributed by atoms with E-state index in [2.05, 4.69) is 48.6 Å². The van der Waals surface area contributed by atoms with Gasteiger partial charge in [0.05, 0.1) is 6.61 Å². The van der Waals surface area contributed by atoms with Gasteiger partial charge in [0.15, 0.2) is 0 Å². The molecule has 0 aliphatic rings. The van der Waals surface area contributed by atoms with E-state index in [4.69, 9.17) is 0 Å². The summed E-state index contributed by atoms with van der Waals surface area (Å²) in [5.74, 6) is 0. The lowest BCUT2D eigenvalue weighted by Crippen LogP contribution is -2.26. The average molecular weight is 287 g/mol. The van der Waals surface area contributed by atoms with Crippen LogP contribution in [0, 0.1) is 6.92 Å². The lowest BCUT2D eigenvalue weighted by Gasteiger charge is -2.15. The summed E-state index contributed by atoms with van der Waals surface area (Å²) in [5.41, 5.74) is 2.53. The molecule has 2 rings (SSSR count). The van der Waals surface area contributed by atoms with Crippen LogP contribution in [0.3, 0.4) is 0 Å². The standard InChI is InChI=1S/C17H21NOS/c1-14-7-9-16(10-8-14)20-17(13-19)12-18-11-15-5-3-2-4-6-15/h2-10,17-19H,11-13H2,1H3. The van der Waals surface area contributed by atoms with Gasteiger partial charge in [0.25, 0.3) is 0 Å². The van der Waals surface area contributed by atoms with Gasteiger partial charge in [-0.1, -0.05) is 48.0 Å². The number of rotatable bonds is 7. The largest absolute Gasteiger partial charge is 0.395 e. The van der Waals surface area contributed by atoms with E-state index in [1.165, 1.54) is 16.0 Å². The first-order chi connectivity index (χ1) is 9.78. The third kappa shape index (κ3) is 5.00. The molecule has 0 aromatic heterocycles. The molecule has 0 radical (unpaired) electrons.